The van der Waals surface area contributed by atoms with E-state index < -0.39 is 0 Å². The standard InChI is InChI=1S/C16H23N3O2/c1-3-11-8-13(16(20)18-10(11)2)17-9-15-19-12-6-4-5-7-14(12)21-15/h8,12,14,17H,3-7,9H2,1-2H3,(H,18,20). The summed E-state index contributed by atoms with van der Waals surface area (Å²) in [6, 6.07) is 2.26. The lowest BCUT2D eigenvalue weighted by Gasteiger charge is -2.22. The van der Waals surface area contributed by atoms with Crippen LogP contribution in [0.15, 0.2) is 15.9 Å². The third-order valence-electron chi connectivity index (χ3n) is 4.42. The number of ether oxygens (including phenoxy) is 1. The number of anilines is 1. The van der Waals surface area contributed by atoms with Gasteiger partial charge in [-0.1, -0.05) is 13.3 Å². The van der Waals surface area contributed by atoms with E-state index in [9.17, 15) is 4.79 Å². The van der Waals surface area contributed by atoms with Crippen LogP contribution in [0.25, 0.3) is 0 Å². The predicted octanol–water partition coefficient (Wildman–Crippen LogP) is 2.40. The van der Waals surface area contributed by atoms with Gasteiger partial charge in [0.1, 0.15) is 11.8 Å². The highest BCUT2D eigenvalue weighted by atomic mass is 16.5. The second kappa shape index (κ2) is 5.92. The predicted molar refractivity (Wildman–Crippen MR) is 84.2 cm³/mol. The van der Waals surface area contributed by atoms with Gasteiger partial charge in [0.05, 0.1) is 12.6 Å². The van der Waals surface area contributed by atoms with Gasteiger partial charge >= 0.3 is 0 Å². The second-order valence-electron chi connectivity index (χ2n) is 5.90. The van der Waals surface area contributed by atoms with Crippen molar-refractivity contribution in [2.24, 2.45) is 4.99 Å². The zero-order valence-corrected chi connectivity index (χ0v) is 12.7. The lowest BCUT2D eigenvalue weighted by Crippen LogP contribution is -2.27. The van der Waals surface area contributed by atoms with Crippen LogP contribution >= 0.6 is 0 Å². The van der Waals surface area contributed by atoms with Gasteiger partial charge < -0.3 is 15.0 Å². The Morgan fingerprint density at radius 3 is 3.00 bits per heavy atom. The van der Waals surface area contributed by atoms with Crippen LogP contribution in [0.5, 0.6) is 0 Å². The molecule has 0 radical (unpaired) electrons. The smallest absolute Gasteiger partial charge is 0.271 e. The number of aryl methyl sites for hydroxylation is 2. The first-order valence-corrected chi connectivity index (χ1v) is 7.87. The molecule has 1 fully saturated rings. The second-order valence-corrected chi connectivity index (χ2v) is 5.90. The molecule has 0 amide bonds. The van der Waals surface area contributed by atoms with Crippen LogP contribution in [0.3, 0.4) is 0 Å². The zero-order valence-electron chi connectivity index (χ0n) is 12.7. The number of hydrogen-bond acceptors (Lipinski definition) is 4. The van der Waals surface area contributed by atoms with Crippen molar-refractivity contribution in [3.63, 3.8) is 0 Å². The van der Waals surface area contributed by atoms with E-state index in [1.54, 1.807) is 0 Å². The minimum atomic E-state index is -0.0827. The van der Waals surface area contributed by atoms with Crippen molar-refractivity contribution in [1.29, 1.82) is 0 Å². The summed E-state index contributed by atoms with van der Waals surface area (Å²) in [5.41, 5.74) is 2.60. The number of aromatic amines is 1. The molecule has 0 saturated heterocycles. The van der Waals surface area contributed by atoms with Crippen molar-refractivity contribution in [1.82, 2.24) is 4.98 Å². The average Bonchev–Trinajstić information content (AvgIpc) is 2.89. The van der Waals surface area contributed by atoms with Gasteiger partial charge in [-0.2, -0.15) is 0 Å². The minimum Gasteiger partial charge on any atom is -0.474 e. The van der Waals surface area contributed by atoms with Crippen molar-refractivity contribution in [2.75, 3.05) is 11.9 Å². The molecule has 2 heterocycles. The monoisotopic (exact) mass is 289 g/mol. The summed E-state index contributed by atoms with van der Waals surface area (Å²) >= 11 is 0. The van der Waals surface area contributed by atoms with Gasteiger partial charge in [0.2, 0.25) is 5.90 Å². The summed E-state index contributed by atoms with van der Waals surface area (Å²) in [5.74, 6) is 0.741. The minimum absolute atomic E-state index is 0.0827. The van der Waals surface area contributed by atoms with Gasteiger partial charge in [0.25, 0.3) is 5.56 Å². The number of nitrogens with zero attached hydrogens (tertiary/aromatic N) is 1. The number of hydrogen-bond donors (Lipinski definition) is 2. The molecule has 1 aliphatic heterocycles. The van der Waals surface area contributed by atoms with Crippen molar-refractivity contribution in [2.45, 2.75) is 58.1 Å². The lowest BCUT2D eigenvalue weighted by molar-refractivity contribution is 0.151. The highest BCUT2D eigenvalue weighted by Gasteiger charge is 2.32. The van der Waals surface area contributed by atoms with E-state index in [0.29, 0.717) is 18.3 Å². The van der Waals surface area contributed by atoms with E-state index in [4.69, 9.17) is 4.74 Å². The summed E-state index contributed by atoms with van der Waals surface area (Å²) in [5, 5.41) is 3.17. The normalized spacial score (nSPS) is 24.2. The van der Waals surface area contributed by atoms with Gasteiger partial charge in [-0.25, -0.2) is 4.99 Å². The topological polar surface area (TPSA) is 66.5 Å². The number of rotatable bonds is 4. The van der Waals surface area contributed by atoms with Crippen LogP contribution in [0.2, 0.25) is 0 Å². The number of aromatic nitrogens is 1. The van der Waals surface area contributed by atoms with E-state index >= 15 is 0 Å². The fourth-order valence-electron chi connectivity index (χ4n) is 3.18. The third-order valence-corrected chi connectivity index (χ3v) is 4.42. The first-order chi connectivity index (χ1) is 10.2. The third kappa shape index (κ3) is 2.96. The Morgan fingerprint density at radius 1 is 1.43 bits per heavy atom. The van der Waals surface area contributed by atoms with Crippen molar-refractivity contribution < 1.29 is 4.74 Å². The lowest BCUT2D eigenvalue weighted by atomic mass is 9.94. The number of pyridine rings is 1. The molecule has 3 rings (SSSR count). The molecule has 0 aromatic carbocycles. The Bertz CT molecular complexity index is 606. The van der Waals surface area contributed by atoms with Gasteiger partial charge in [-0.15, -0.1) is 0 Å². The van der Waals surface area contributed by atoms with E-state index in [-0.39, 0.29) is 11.7 Å². The molecule has 0 bridgehead atoms. The average molecular weight is 289 g/mol. The molecule has 2 N–H and O–H groups in total. The van der Waals surface area contributed by atoms with E-state index in [1.807, 2.05) is 13.0 Å². The van der Waals surface area contributed by atoms with Crippen LogP contribution in [-0.2, 0) is 11.2 Å². The van der Waals surface area contributed by atoms with E-state index in [0.717, 1.165) is 36.4 Å². The van der Waals surface area contributed by atoms with Gasteiger partial charge in [0, 0.05) is 5.69 Å². The number of H-pyrrole nitrogens is 1. The van der Waals surface area contributed by atoms with Gasteiger partial charge in [-0.05, 0) is 44.2 Å². The molecule has 5 nitrogen and oxygen atoms in total. The Hall–Kier alpha value is -1.78. The van der Waals surface area contributed by atoms with Gasteiger partial charge in [0.15, 0.2) is 0 Å². The Kier molecular flexibility index (Phi) is 3.99. The number of fused-ring (bicyclic) bond motifs is 1. The van der Waals surface area contributed by atoms with Crippen LogP contribution in [0, 0.1) is 6.92 Å². The Morgan fingerprint density at radius 2 is 2.24 bits per heavy atom. The Labute approximate surface area is 124 Å². The molecular weight excluding hydrogens is 266 g/mol. The summed E-state index contributed by atoms with van der Waals surface area (Å²) in [7, 11) is 0. The summed E-state index contributed by atoms with van der Waals surface area (Å²) in [6.07, 6.45) is 5.86. The first kappa shape index (κ1) is 14.2. The molecule has 1 aromatic rings. The molecular formula is C16H23N3O2. The molecule has 21 heavy (non-hydrogen) atoms. The fraction of sp³-hybridized carbons (Fsp3) is 0.625. The molecule has 1 aromatic heterocycles. The molecule has 2 atom stereocenters. The van der Waals surface area contributed by atoms with Crippen molar-refractivity contribution in [3.05, 3.63) is 27.7 Å². The maximum absolute atomic E-state index is 12.0. The van der Waals surface area contributed by atoms with Crippen molar-refractivity contribution in [3.8, 4) is 0 Å². The molecule has 5 heteroatoms. The van der Waals surface area contributed by atoms with E-state index in [1.165, 1.54) is 12.8 Å². The van der Waals surface area contributed by atoms with Crippen LogP contribution in [-0.4, -0.2) is 29.6 Å². The first-order valence-electron chi connectivity index (χ1n) is 7.87. The van der Waals surface area contributed by atoms with Crippen LogP contribution in [0.4, 0.5) is 5.69 Å². The van der Waals surface area contributed by atoms with Crippen LogP contribution < -0.4 is 10.9 Å². The maximum atomic E-state index is 12.0. The fourth-order valence-corrected chi connectivity index (χ4v) is 3.18. The summed E-state index contributed by atoms with van der Waals surface area (Å²) < 4.78 is 5.88. The Balaban J connectivity index is 1.67. The highest BCUT2D eigenvalue weighted by Crippen LogP contribution is 2.28. The van der Waals surface area contributed by atoms with Crippen LogP contribution in [0.1, 0.15) is 43.9 Å². The zero-order chi connectivity index (χ0) is 14.8. The summed E-state index contributed by atoms with van der Waals surface area (Å²) in [6.45, 7) is 4.50. The SMILES string of the molecule is CCc1cc(NCC2=NC3CCCCC3O2)c(=O)[nH]c1C. The summed E-state index contributed by atoms with van der Waals surface area (Å²) in [4.78, 5) is 19.5. The highest BCUT2D eigenvalue weighted by molar-refractivity contribution is 5.82. The molecule has 114 valence electrons. The van der Waals surface area contributed by atoms with Gasteiger partial charge in [-0.3, -0.25) is 4.79 Å². The maximum Gasteiger partial charge on any atom is 0.271 e. The molecule has 1 aliphatic carbocycles. The number of aliphatic imine (C=N–C) groups is 1. The molecule has 1 saturated carbocycles. The van der Waals surface area contributed by atoms with Crippen molar-refractivity contribution >= 4 is 11.6 Å². The van der Waals surface area contributed by atoms with E-state index in [2.05, 4.69) is 22.2 Å². The molecule has 2 unspecified atom stereocenters. The molecule has 0 spiro atoms. The quantitative estimate of drug-likeness (QED) is 0.894. The number of nitrogens with one attached hydrogen (secondary N) is 2. The largest absolute Gasteiger partial charge is 0.474 e. The molecule has 2 aliphatic rings.